The number of hydrogen-bond acceptors (Lipinski definition) is 6. The van der Waals surface area contributed by atoms with Gasteiger partial charge >= 0.3 is 12.1 Å². The van der Waals surface area contributed by atoms with Gasteiger partial charge in [-0.15, -0.1) is 11.3 Å². The van der Waals surface area contributed by atoms with Crippen LogP contribution in [0.3, 0.4) is 0 Å². The van der Waals surface area contributed by atoms with E-state index in [4.69, 9.17) is 19.4 Å². The second-order valence-corrected chi connectivity index (χ2v) is 7.55. The summed E-state index contributed by atoms with van der Waals surface area (Å²) in [5, 5.41) is 9.06. The fraction of sp³-hybridized carbons (Fsp3) is 0.421. The lowest BCUT2D eigenvalue weighted by Crippen LogP contribution is -2.44. The molecule has 0 radical (unpaired) electrons. The van der Waals surface area contributed by atoms with Crippen LogP contribution in [0.5, 0.6) is 5.88 Å². The number of carbonyl (C=O) groups excluding carboxylic acids is 1. The van der Waals surface area contributed by atoms with Crippen LogP contribution in [0.1, 0.15) is 22.5 Å². The van der Waals surface area contributed by atoms with Gasteiger partial charge in [0.15, 0.2) is 0 Å². The van der Waals surface area contributed by atoms with Gasteiger partial charge in [0.1, 0.15) is 12.2 Å². The summed E-state index contributed by atoms with van der Waals surface area (Å²) in [5.74, 6) is -2.10. The summed E-state index contributed by atoms with van der Waals surface area (Å²) in [6.45, 7) is 1.27. The number of rotatable bonds is 3. The molecule has 3 atom stereocenters. The predicted molar refractivity (Wildman–Crippen MR) is 100 cm³/mol. The number of ether oxygens (including phenoxy) is 2. The van der Waals surface area contributed by atoms with Gasteiger partial charge in [0.25, 0.3) is 5.91 Å². The number of carbonyl (C=O) groups is 2. The molecule has 2 aromatic heterocycles. The third-order valence-corrected chi connectivity index (χ3v) is 5.48. The van der Waals surface area contributed by atoms with Crippen molar-refractivity contribution in [2.75, 3.05) is 13.2 Å². The van der Waals surface area contributed by atoms with E-state index in [9.17, 15) is 18.0 Å². The minimum absolute atomic E-state index is 0.0744. The van der Waals surface area contributed by atoms with Crippen LogP contribution >= 0.6 is 11.3 Å². The third-order valence-electron chi connectivity index (χ3n) is 4.62. The van der Waals surface area contributed by atoms with E-state index in [2.05, 4.69) is 4.98 Å². The highest BCUT2D eigenvalue weighted by Gasteiger charge is 2.47. The summed E-state index contributed by atoms with van der Waals surface area (Å²) in [7, 11) is 0. The zero-order chi connectivity index (χ0) is 21.7. The highest BCUT2D eigenvalue weighted by atomic mass is 32.1. The van der Waals surface area contributed by atoms with E-state index in [-0.39, 0.29) is 24.2 Å². The Bertz CT molecular complexity index is 848. The summed E-state index contributed by atoms with van der Waals surface area (Å²) in [5.41, 5.74) is 0. The van der Waals surface area contributed by atoms with Crippen LogP contribution in [0.15, 0.2) is 41.9 Å². The molecule has 2 aromatic rings. The molecule has 0 bridgehead atoms. The molecule has 0 unspecified atom stereocenters. The van der Waals surface area contributed by atoms with Crippen molar-refractivity contribution in [3.63, 3.8) is 0 Å². The molecule has 1 N–H and O–H groups in total. The lowest BCUT2D eigenvalue weighted by molar-refractivity contribution is -0.192. The number of aliphatic carboxylic acids is 1. The molecule has 2 saturated heterocycles. The van der Waals surface area contributed by atoms with Crippen LogP contribution in [0.2, 0.25) is 0 Å². The van der Waals surface area contributed by atoms with Crippen molar-refractivity contribution in [3.05, 3.63) is 46.8 Å². The zero-order valence-corrected chi connectivity index (χ0v) is 16.4. The Morgan fingerprint density at radius 3 is 2.63 bits per heavy atom. The lowest BCUT2D eigenvalue weighted by Gasteiger charge is -2.31. The number of carboxylic acids is 1. The minimum atomic E-state index is -5.08. The van der Waals surface area contributed by atoms with Gasteiger partial charge in [-0.25, -0.2) is 9.78 Å². The molecule has 2 aliphatic rings. The molecule has 11 heteroatoms. The van der Waals surface area contributed by atoms with Crippen molar-refractivity contribution in [2.24, 2.45) is 0 Å². The first-order valence-electron chi connectivity index (χ1n) is 9.11. The Hall–Kier alpha value is -2.66. The largest absolute Gasteiger partial charge is 0.490 e. The first kappa shape index (κ1) is 22.0. The van der Waals surface area contributed by atoms with Gasteiger partial charge in [-0.1, -0.05) is 12.1 Å². The van der Waals surface area contributed by atoms with Crippen LogP contribution in [0, 0.1) is 0 Å². The first-order chi connectivity index (χ1) is 14.3. The molecule has 0 saturated carbocycles. The average Bonchev–Trinajstić information content (AvgIpc) is 3.37. The maximum atomic E-state index is 12.8. The topological polar surface area (TPSA) is 89.0 Å². The van der Waals surface area contributed by atoms with Gasteiger partial charge in [-0.2, -0.15) is 13.2 Å². The van der Waals surface area contributed by atoms with Crippen LogP contribution in [0.25, 0.3) is 0 Å². The Labute approximate surface area is 174 Å². The first-order valence-corrected chi connectivity index (χ1v) is 9.99. The zero-order valence-electron chi connectivity index (χ0n) is 15.6. The Kier molecular flexibility index (Phi) is 6.93. The summed E-state index contributed by atoms with van der Waals surface area (Å²) in [6.07, 6.45) is -1.68. The number of thiophene rings is 1. The number of amides is 1. The highest BCUT2D eigenvalue weighted by molar-refractivity contribution is 7.12. The number of nitrogens with zero attached hydrogens (tertiary/aromatic N) is 2. The number of likely N-dealkylation sites (tertiary alicyclic amines) is 1. The summed E-state index contributed by atoms with van der Waals surface area (Å²) in [6, 6.07) is 9.45. The molecule has 0 aliphatic carbocycles. The number of fused-ring (bicyclic) bond motifs is 1. The van der Waals surface area contributed by atoms with Gasteiger partial charge in [-0.3, -0.25) is 4.79 Å². The van der Waals surface area contributed by atoms with Gasteiger partial charge in [-0.05, 0) is 30.4 Å². The van der Waals surface area contributed by atoms with Gasteiger partial charge in [0.2, 0.25) is 5.88 Å². The van der Waals surface area contributed by atoms with Crippen LogP contribution in [0.4, 0.5) is 13.2 Å². The Morgan fingerprint density at radius 1 is 1.27 bits per heavy atom. The second-order valence-electron chi connectivity index (χ2n) is 6.61. The number of halogens is 3. The smallest absolute Gasteiger partial charge is 0.475 e. The number of carboxylic acid groups (broad SMARTS) is 1. The highest BCUT2D eigenvalue weighted by Crippen LogP contribution is 2.32. The van der Waals surface area contributed by atoms with E-state index < -0.39 is 12.1 Å². The summed E-state index contributed by atoms with van der Waals surface area (Å²) >= 11 is 1.48. The van der Waals surface area contributed by atoms with Crippen molar-refractivity contribution in [1.29, 1.82) is 0 Å². The number of hydrogen-bond donors (Lipinski definition) is 1. The molecule has 0 aromatic carbocycles. The van der Waals surface area contributed by atoms with Gasteiger partial charge < -0.3 is 19.5 Å². The molecule has 162 valence electrons. The molecule has 4 heterocycles. The maximum absolute atomic E-state index is 12.8. The molecule has 2 aliphatic heterocycles. The van der Waals surface area contributed by atoms with Crippen molar-refractivity contribution in [2.45, 2.75) is 37.3 Å². The van der Waals surface area contributed by atoms with E-state index in [0.29, 0.717) is 12.4 Å². The molecular formula is C19H19F3N2O5S. The molecule has 1 amide bonds. The SMILES string of the molecule is O=C(O)C(F)(F)F.O=C(c1cccs1)N1C[C@H](Oc2ccccn2)[C@H]2OCCC[C@H]21. The molecule has 4 rings (SSSR count). The van der Waals surface area contributed by atoms with E-state index in [0.717, 1.165) is 24.3 Å². The maximum Gasteiger partial charge on any atom is 0.490 e. The van der Waals surface area contributed by atoms with Gasteiger partial charge in [0.05, 0.1) is 17.5 Å². The van der Waals surface area contributed by atoms with E-state index >= 15 is 0 Å². The molecular weight excluding hydrogens is 425 g/mol. The molecule has 2 fully saturated rings. The van der Waals surface area contributed by atoms with E-state index in [1.807, 2.05) is 40.6 Å². The molecule has 7 nitrogen and oxygen atoms in total. The molecule has 30 heavy (non-hydrogen) atoms. The standard InChI is InChI=1S/C17H18N2O3S.C2HF3O2/c20-17(14-6-4-10-23-14)19-11-13(16-12(19)5-3-9-21-16)22-15-7-1-2-8-18-15;3-2(4,5)1(6)7/h1-2,4,6-8,10,12-13,16H,3,5,9,11H2;(H,6,7)/t12-,13+,16+;/m1./s1. The lowest BCUT2D eigenvalue weighted by atomic mass is 10.0. The minimum Gasteiger partial charge on any atom is -0.475 e. The van der Waals surface area contributed by atoms with Crippen LogP contribution in [-0.2, 0) is 9.53 Å². The van der Waals surface area contributed by atoms with Crippen LogP contribution < -0.4 is 4.74 Å². The summed E-state index contributed by atoms with van der Waals surface area (Å²) in [4.78, 5) is 28.6. The number of aromatic nitrogens is 1. The monoisotopic (exact) mass is 444 g/mol. The number of alkyl halides is 3. The summed E-state index contributed by atoms with van der Waals surface area (Å²) < 4.78 is 43.7. The molecule has 0 spiro atoms. The Balaban J connectivity index is 0.000000318. The number of pyridine rings is 1. The van der Waals surface area contributed by atoms with Crippen molar-refractivity contribution >= 4 is 23.2 Å². The van der Waals surface area contributed by atoms with Crippen LogP contribution in [-0.4, -0.2) is 64.4 Å². The quantitative estimate of drug-likeness (QED) is 0.782. The van der Waals surface area contributed by atoms with E-state index in [1.165, 1.54) is 11.3 Å². The Morgan fingerprint density at radius 2 is 2.03 bits per heavy atom. The van der Waals surface area contributed by atoms with Crippen molar-refractivity contribution < 1.29 is 37.3 Å². The van der Waals surface area contributed by atoms with Gasteiger partial charge in [0, 0.05) is 18.9 Å². The third kappa shape index (κ3) is 5.28. The van der Waals surface area contributed by atoms with E-state index in [1.54, 1.807) is 6.20 Å². The van der Waals surface area contributed by atoms with Crippen molar-refractivity contribution in [1.82, 2.24) is 9.88 Å². The fourth-order valence-corrected chi connectivity index (χ4v) is 4.04. The fourth-order valence-electron chi connectivity index (χ4n) is 3.36. The normalized spacial score (nSPS) is 23.2. The van der Waals surface area contributed by atoms with Crippen molar-refractivity contribution in [3.8, 4) is 5.88 Å². The second kappa shape index (κ2) is 9.43. The predicted octanol–water partition coefficient (Wildman–Crippen LogP) is 3.23. The average molecular weight is 444 g/mol.